The predicted molar refractivity (Wildman–Crippen MR) is 57.7 cm³/mol. The molecule has 1 aromatic carbocycles. The first-order valence-electron chi connectivity index (χ1n) is 4.90. The molecule has 0 radical (unpaired) electrons. The quantitative estimate of drug-likeness (QED) is 0.788. The first-order valence-corrected chi connectivity index (χ1v) is 4.90. The number of hydrogen-bond donors (Lipinski definition) is 1. The van der Waals surface area contributed by atoms with Gasteiger partial charge in [-0.1, -0.05) is 26.0 Å². The lowest BCUT2D eigenvalue weighted by Gasteiger charge is -2.22. The van der Waals surface area contributed by atoms with Crippen LogP contribution in [0.4, 0.5) is 4.39 Å². The van der Waals surface area contributed by atoms with Gasteiger partial charge in [-0.05, 0) is 42.5 Å². The Labute approximate surface area is 85.1 Å². The minimum Gasteiger partial charge on any atom is -0.330 e. The molecule has 0 atom stereocenters. The first kappa shape index (κ1) is 11.2. The molecule has 0 aliphatic heterocycles. The van der Waals surface area contributed by atoms with E-state index in [4.69, 9.17) is 5.73 Å². The molecular weight excluding hydrogens is 177 g/mol. The van der Waals surface area contributed by atoms with E-state index >= 15 is 0 Å². The van der Waals surface area contributed by atoms with E-state index in [9.17, 15) is 4.39 Å². The number of benzene rings is 1. The lowest BCUT2D eigenvalue weighted by atomic mass is 9.86. The van der Waals surface area contributed by atoms with Crippen LogP contribution in [0, 0.1) is 18.2 Å². The summed E-state index contributed by atoms with van der Waals surface area (Å²) < 4.78 is 13.2. The van der Waals surface area contributed by atoms with Crippen LogP contribution in [0.2, 0.25) is 0 Å². The van der Waals surface area contributed by atoms with Gasteiger partial charge in [0.25, 0.3) is 0 Å². The van der Waals surface area contributed by atoms with Crippen molar-refractivity contribution >= 4 is 0 Å². The van der Waals surface area contributed by atoms with E-state index in [0.717, 1.165) is 12.0 Å². The first-order chi connectivity index (χ1) is 6.44. The third kappa shape index (κ3) is 2.81. The van der Waals surface area contributed by atoms with Crippen LogP contribution in [0.15, 0.2) is 18.2 Å². The molecule has 0 aliphatic carbocycles. The average molecular weight is 195 g/mol. The van der Waals surface area contributed by atoms with Gasteiger partial charge >= 0.3 is 0 Å². The maximum absolute atomic E-state index is 13.2. The SMILES string of the molecule is Cc1ccc(CC(C)(C)CN)cc1F. The summed E-state index contributed by atoms with van der Waals surface area (Å²) in [5.41, 5.74) is 7.38. The molecule has 1 nitrogen and oxygen atoms in total. The zero-order valence-electron chi connectivity index (χ0n) is 9.10. The highest BCUT2D eigenvalue weighted by Gasteiger charge is 2.16. The number of aryl methyl sites for hydroxylation is 1. The van der Waals surface area contributed by atoms with E-state index in [2.05, 4.69) is 13.8 Å². The van der Waals surface area contributed by atoms with Gasteiger partial charge in [0.05, 0.1) is 0 Å². The molecule has 0 aromatic heterocycles. The molecule has 0 saturated heterocycles. The molecule has 0 saturated carbocycles. The van der Waals surface area contributed by atoms with Gasteiger partial charge in [-0.25, -0.2) is 4.39 Å². The summed E-state index contributed by atoms with van der Waals surface area (Å²) in [7, 11) is 0. The fourth-order valence-corrected chi connectivity index (χ4v) is 1.37. The average Bonchev–Trinajstić information content (AvgIpc) is 2.11. The van der Waals surface area contributed by atoms with Crippen LogP contribution in [0.1, 0.15) is 25.0 Å². The summed E-state index contributed by atoms with van der Waals surface area (Å²) in [5, 5.41) is 0. The molecule has 0 aliphatic rings. The van der Waals surface area contributed by atoms with Crippen molar-refractivity contribution in [3.05, 3.63) is 35.1 Å². The minimum atomic E-state index is -0.129. The van der Waals surface area contributed by atoms with Crippen LogP contribution in [0.25, 0.3) is 0 Å². The van der Waals surface area contributed by atoms with Gasteiger partial charge in [-0.2, -0.15) is 0 Å². The molecule has 0 heterocycles. The van der Waals surface area contributed by atoms with E-state index in [1.165, 1.54) is 0 Å². The van der Waals surface area contributed by atoms with Crippen LogP contribution in [0.3, 0.4) is 0 Å². The molecule has 0 bridgehead atoms. The summed E-state index contributed by atoms with van der Waals surface area (Å²) in [4.78, 5) is 0. The molecule has 78 valence electrons. The molecule has 1 rings (SSSR count). The second-order valence-corrected chi connectivity index (χ2v) is 4.63. The number of nitrogens with two attached hydrogens (primary N) is 1. The van der Waals surface area contributed by atoms with Crippen LogP contribution in [-0.2, 0) is 6.42 Å². The van der Waals surface area contributed by atoms with E-state index in [1.54, 1.807) is 13.0 Å². The Morgan fingerprint density at radius 1 is 1.36 bits per heavy atom. The Hall–Kier alpha value is -0.890. The van der Waals surface area contributed by atoms with Gasteiger partial charge in [0.2, 0.25) is 0 Å². The Kier molecular flexibility index (Phi) is 3.27. The molecule has 2 heteroatoms. The van der Waals surface area contributed by atoms with E-state index in [0.29, 0.717) is 12.1 Å². The van der Waals surface area contributed by atoms with E-state index in [1.807, 2.05) is 12.1 Å². The normalized spacial score (nSPS) is 11.8. The van der Waals surface area contributed by atoms with E-state index in [-0.39, 0.29) is 11.2 Å². The molecule has 2 N–H and O–H groups in total. The zero-order chi connectivity index (χ0) is 10.8. The zero-order valence-corrected chi connectivity index (χ0v) is 9.10. The van der Waals surface area contributed by atoms with Crippen molar-refractivity contribution in [1.82, 2.24) is 0 Å². The smallest absolute Gasteiger partial charge is 0.126 e. The van der Waals surface area contributed by atoms with E-state index < -0.39 is 0 Å². The second kappa shape index (κ2) is 4.09. The summed E-state index contributed by atoms with van der Waals surface area (Å²) in [6, 6.07) is 5.39. The largest absolute Gasteiger partial charge is 0.330 e. The third-order valence-corrected chi connectivity index (χ3v) is 2.47. The van der Waals surface area contributed by atoms with Crippen LogP contribution in [0.5, 0.6) is 0 Å². The van der Waals surface area contributed by atoms with Gasteiger partial charge in [-0.15, -0.1) is 0 Å². The highest BCUT2D eigenvalue weighted by Crippen LogP contribution is 2.21. The van der Waals surface area contributed by atoms with Gasteiger partial charge in [0.15, 0.2) is 0 Å². The topological polar surface area (TPSA) is 26.0 Å². The molecule has 14 heavy (non-hydrogen) atoms. The monoisotopic (exact) mass is 195 g/mol. The van der Waals surface area contributed by atoms with Crippen molar-refractivity contribution in [3.8, 4) is 0 Å². The molecule has 0 spiro atoms. The molecule has 0 fully saturated rings. The van der Waals surface area contributed by atoms with Crippen molar-refractivity contribution in [2.75, 3.05) is 6.54 Å². The Bertz CT molecular complexity index is 318. The number of halogens is 1. The van der Waals surface area contributed by atoms with Crippen molar-refractivity contribution < 1.29 is 4.39 Å². The van der Waals surface area contributed by atoms with Crippen LogP contribution >= 0.6 is 0 Å². The van der Waals surface area contributed by atoms with Gasteiger partial charge in [0.1, 0.15) is 5.82 Å². The van der Waals surface area contributed by atoms with Crippen molar-refractivity contribution in [1.29, 1.82) is 0 Å². The maximum Gasteiger partial charge on any atom is 0.126 e. The molecule has 0 unspecified atom stereocenters. The van der Waals surface area contributed by atoms with Crippen molar-refractivity contribution in [2.45, 2.75) is 27.2 Å². The predicted octanol–water partition coefficient (Wildman–Crippen LogP) is 2.66. The molecular formula is C12H18FN. The summed E-state index contributed by atoms with van der Waals surface area (Å²) in [6.45, 7) is 6.56. The van der Waals surface area contributed by atoms with Gasteiger partial charge < -0.3 is 5.73 Å². The summed E-state index contributed by atoms with van der Waals surface area (Å²) >= 11 is 0. The van der Waals surface area contributed by atoms with Crippen molar-refractivity contribution in [3.63, 3.8) is 0 Å². The van der Waals surface area contributed by atoms with Crippen LogP contribution < -0.4 is 5.73 Å². The third-order valence-electron chi connectivity index (χ3n) is 2.47. The lowest BCUT2D eigenvalue weighted by molar-refractivity contribution is 0.376. The highest BCUT2D eigenvalue weighted by atomic mass is 19.1. The highest BCUT2D eigenvalue weighted by molar-refractivity contribution is 5.24. The summed E-state index contributed by atoms with van der Waals surface area (Å²) in [5.74, 6) is -0.129. The Morgan fingerprint density at radius 3 is 2.50 bits per heavy atom. The Morgan fingerprint density at radius 2 is 2.00 bits per heavy atom. The minimum absolute atomic E-state index is 0.0434. The fraction of sp³-hybridized carbons (Fsp3) is 0.500. The van der Waals surface area contributed by atoms with Gasteiger partial charge in [0, 0.05) is 0 Å². The van der Waals surface area contributed by atoms with Crippen molar-refractivity contribution in [2.24, 2.45) is 11.1 Å². The Balaban J connectivity index is 2.83. The lowest BCUT2D eigenvalue weighted by Crippen LogP contribution is -2.25. The second-order valence-electron chi connectivity index (χ2n) is 4.63. The molecule has 1 aromatic rings. The standard InChI is InChI=1S/C12H18FN/c1-9-4-5-10(6-11(9)13)7-12(2,3)8-14/h4-6H,7-8,14H2,1-3H3. The number of hydrogen-bond acceptors (Lipinski definition) is 1. The van der Waals surface area contributed by atoms with Gasteiger partial charge in [-0.3, -0.25) is 0 Å². The summed E-state index contributed by atoms with van der Waals surface area (Å²) in [6.07, 6.45) is 0.820. The number of rotatable bonds is 3. The fourth-order valence-electron chi connectivity index (χ4n) is 1.37. The van der Waals surface area contributed by atoms with Crippen LogP contribution in [-0.4, -0.2) is 6.54 Å². The maximum atomic E-state index is 13.2. The molecule has 0 amide bonds.